The number of phenols is 1. The van der Waals surface area contributed by atoms with Crippen LogP contribution in [0.1, 0.15) is 15.9 Å². The average Bonchev–Trinajstić information content (AvgIpc) is 2.75. The number of nitro groups is 1. The van der Waals surface area contributed by atoms with E-state index in [-0.39, 0.29) is 27.6 Å². The normalized spacial score (nSPS) is 11.2. The molecule has 0 aliphatic carbocycles. The third kappa shape index (κ3) is 5.42. The molecule has 0 radical (unpaired) electrons. The van der Waals surface area contributed by atoms with Gasteiger partial charge in [0.1, 0.15) is 16.4 Å². The Hall–Kier alpha value is -4.25. The van der Waals surface area contributed by atoms with Crippen LogP contribution in [-0.2, 0) is 10.1 Å². The molecule has 0 saturated carbocycles. The number of amides is 1. The Labute approximate surface area is 176 Å². The first-order chi connectivity index (χ1) is 14.8. The van der Waals surface area contributed by atoms with Crippen LogP contribution in [0.2, 0.25) is 0 Å². The van der Waals surface area contributed by atoms with E-state index in [0.717, 1.165) is 6.07 Å². The number of phenolic OH excluding ortho intramolecular Hbond substituents is 1. The van der Waals surface area contributed by atoms with Crippen LogP contribution in [0.25, 0.3) is 0 Å². The third-order valence-corrected chi connectivity index (χ3v) is 5.17. The zero-order chi connectivity index (χ0) is 22.4. The highest BCUT2D eigenvalue weighted by Gasteiger charge is 2.19. The fourth-order valence-electron chi connectivity index (χ4n) is 2.43. The molecule has 0 atom stereocenters. The largest absolute Gasteiger partial charge is 0.507 e. The lowest BCUT2D eigenvalue weighted by Crippen LogP contribution is -2.17. The second-order valence-electron chi connectivity index (χ2n) is 6.08. The molecule has 0 spiro atoms. The fraction of sp³-hybridized carbons (Fsp3) is 0. The van der Waals surface area contributed by atoms with Crippen molar-refractivity contribution in [1.29, 1.82) is 0 Å². The molecule has 2 N–H and O–H groups in total. The molecule has 0 unspecified atom stereocenters. The van der Waals surface area contributed by atoms with Gasteiger partial charge in [0, 0.05) is 12.1 Å². The molecule has 11 heteroatoms. The fourth-order valence-corrected chi connectivity index (χ4v) is 3.40. The molecule has 3 aromatic rings. The summed E-state index contributed by atoms with van der Waals surface area (Å²) in [6.07, 6.45) is 1.32. The van der Waals surface area contributed by atoms with Gasteiger partial charge in [-0.25, -0.2) is 5.43 Å². The Balaban J connectivity index is 1.65. The van der Waals surface area contributed by atoms with Crippen LogP contribution < -0.4 is 9.61 Å². The van der Waals surface area contributed by atoms with Crippen molar-refractivity contribution in [3.63, 3.8) is 0 Å². The molecule has 0 heterocycles. The Morgan fingerprint density at radius 3 is 2.45 bits per heavy atom. The average molecular weight is 441 g/mol. The van der Waals surface area contributed by atoms with E-state index in [9.17, 15) is 28.4 Å². The molecular formula is C20H15N3O7S. The van der Waals surface area contributed by atoms with Gasteiger partial charge in [-0.05, 0) is 48.0 Å². The second-order valence-corrected chi connectivity index (χ2v) is 7.62. The van der Waals surface area contributed by atoms with Crippen molar-refractivity contribution in [2.24, 2.45) is 5.10 Å². The summed E-state index contributed by atoms with van der Waals surface area (Å²) in [4.78, 5) is 21.7. The lowest BCUT2D eigenvalue weighted by Gasteiger charge is -2.07. The van der Waals surface area contributed by atoms with E-state index in [4.69, 9.17) is 4.18 Å². The number of nitrogens with zero attached hydrogens (tertiary/aromatic N) is 2. The van der Waals surface area contributed by atoms with E-state index >= 15 is 0 Å². The van der Waals surface area contributed by atoms with Crippen molar-refractivity contribution in [3.8, 4) is 11.5 Å². The summed E-state index contributed by atoms with van der Waals surface area (Å²) in [5.41, 5.74) is 2.48. The van der Waals surface area contributed by atoms with Gasteiger partial charge >= 0.3 is 10.1 Å². The van der Waals surface area contributed by atoms with E-state index in [1.54, 1.807) is 12.1 Å². The van der Waals surface area contributed by atoms with Crippen molar-refractivity contribution >= 4 is 27.9 Å². The summed E-state index contributed by atoms with van der Waals surface area (Å²) in [5, 5.41) is 24.2. The number of non-ortho nitro benzene ring substituents is 1. The Kier molecular flexibility index (Phi) is 6.26. The molecular weight excluding hydrogens is 426 g/mol. The van der Waals surface area contributed by atoms with Gasteiger partial charge in [-0.3, -0.25) is 14.9 Å². The molecule has 31 heavy (non-hydrogen) atoms. The monoisotopic (exact) mass is 441 g/mol. The number of carbonyl (C=O) groups is 1. The van der Waals surface area contributed by atoms with Crippen molar-refractivity contribution in [2.45, 2.75) is 4.90 Å². The Morgan fingerprint density at radius 2 is 1.77 bits per heavy atom. The minimum atomic E-state index is -4.26. The van der Waals surface area contributed by atoms with Crippen molar-refractivity contribution in [1.82, 2.24) is 5.43 Å². The zero-order valence-electron chi connectivity index (χ0n) is 15.7. The predicted molar refractivity (Wildman–Crippen MR) is 111 cm³/mol. The summed E-state index contributed by atoms with van der Waals surface area (Å²) in [7, 11) is -4.26. The summed E-state index contributed by atoms with van der Waals surface area (Å²) in [6, 6.07) is 16.2. The number of nitrogens with one attached hydrogen (secondary N) is 1. The number of rotatable bonds is 7. The zero-order valence-corrected chi connectivity index (χ0v) is 16.5. The van der Waals surface area contributed by atoms with Crippen LogP contribution in [0.15, 0.2) is 82.8 Å². The molecule has 10 nitrogen and oxygen atoms in total. The maximum atomic E-state index is 12.3. The number of aromatic hydroxyl groups is 1. The highest BCUT2D eigenvalue weighted by Crippen LogP contribution is 2.22. The van der Waals surface area contributed by atoms with E-state index in [1.807, 2.05) is 0 Å². The smallest absolute Gasteiger partial charge is 0.339 e. The number of hydrogen-bond donors (Lipinski definition) is 2. The van der Waals surface area contributed by atoms with E-state index in [1.165, 1.54) is 60.8 Å². The molecule has 0 bridgehead atoms. The van der Waals surface area contributed by atoms with Crippen LogP contribution in [0.5, 0.6) is 11.5 Å². The molecule has 1 amide bonds. The number of carbonyl (C=O) groups excluding carboxylic acids is 1. The number of benzene rings is 3. The number of hydrogen-bond acceptors (Lipinski definition) is 8. The molecule has 0 aliphatic heterocycles. The van der Waals surface area contributed by atoms with E-state index in [0.29, 0.717) is 5.56 Å². The van der Waals surface area contributed by atoms with Crippen LogP contribution >= 0.6 is 0 Å². The van der Waals surface area contributed by atoms with Gasteiger partial charge in [-0.15, -0.1) is 0 Å². The molecule has 0 fully saturated rings. The highest BCUT2D eigenvalue weighted by atomic mass is 32.2. The first-order valence-corrected chi connectivity index (χ1v) is 10.1. The molecule has 3 aromatic carbocycles. The number of para-hydroxylation sites is 1. The topological polar surface area (TPSA) is 148 Å². The van der Waals surface area contributed by atoms with Gasteiger partial charge < -0.3 is 9.29 Å². The summed E-state index contributed by atoms with van der Waals surface area (Å²) < 4.78 is 29.7. The van der Waals surface area contributed by atoms with Gasteiger partial charge in [0.25, 0.3) is 11.6 Å². The van der Waals surface area contributed by atoms with Gasteiger partial charge in [0.15, 0.2) is 0 Å². The van der Waals surface area contributed by atoms with Gasteiger partial charge in [-0.2, -0.15) is 13.5 Å². The predicted octanol–water partition coefficient (Wildman–Crippen LogP) is 2.83. The van der Waals surface area contributed by atoms with Crippen LogP contribution in [0.3, 0.4) is 0 Å². The summed E-state index contributed by atoms with van der Waals surface area (Å²) in [6.45, 7) is 0. The molecule has 0 saturated heterocycles. The maximum absolute atomic E-state index is 12.3. The van der Waals surface area contributed by atoms with Crippen molar-refractivity contribution < 1.29 is 27.4 Å². The Bertz CT molecular complexity index is 1260. The molecule has 0 aromatic heterocycles. The minimum absolute atomic E-state index is 0.0121. The lowest BCUT2D eigenvalue weighted by molar-refractivity contribution is -0.385. The molecule has 0 aliphatic rings. The Morgan fingerprint density at radius 1 is 1.06 bits per heavy atom. The number of nitro benzene ring substituents is 1. The molecule has 3 rings (SSSR count). The quantitative estimate of drug-likeness (QED) is 0.248. The molecule has 158 valence electrons. The maximum Gasteiger partial charge on any atom is 0.339 e. The summed E-state index contributed by atoms with van der Waals surface area (Å²) >= 11 is 0. The van der Waals surface area contributed by atoms with Crippen LogP contribution in [0, 0.1) is 10.1 Å². The first kappa shape index (κ1) is 21.5. The van der Waals surface area contributed by atoms with E-state index < -0.39 is 20.9 Å². The van der Waals surface area contributed by atoms with Gasteiger partial charge in [0.05, 0.1) is 16.7 Å². The van der Waals surface area contributed by atoms with Gasteiger partial charge in [0.2, 0.25) is 0 Å². The summed E-state index contributed by atoms with van der Waals surface area (Å²) in [5.74, 6) is -0.791. The highest BCUT2D eigenvalue weighted by molar-refractivity contribution is 7.87. The van der Waals surface area contributed by atoms with Crippen molar-refractivity contribution in [2.75, 3.05) is 0 Å². The van der Waals surface area contributed by atoms with E-state index in [2.05, 4.69) is 10.5 Å². The second kappa shape index (κ2) is 9.05. The third-order valence-electron chi connectivity index (χ3n) is 3.93. The standard InChI is InChI=1S/C20H15N3O7S/c24-19-7-2-1-6-18(19)20(25)22-21-13-14-8-10-16(11-9-14)30-31(28,29)17-5-3-4-15(12-17)23(26)27/h1-13,24H,(H,22,25)/b21-13-. The van der Waals surface area contributed by atoms with Gasteiger partial charge in [-0.1, -0.05) is 18.2 Å². The lowest BCUT2D eigenvalue weighted by atomic mass is 10.2. The van der Waals surface area contributed by atoms with Crippen LogP contribution in [0.4, 0.5) is 5.69 Å². The minimum Gasteiger partial charge on any atom is -0.507 e. The SMILES string of the molecule is O=C(N/N=C\c1ccc(OS(=O)(=O)c2cccc([N+](=O)[O-])c2)cc1)c1ccccc1O. The first-order valence-electron chi connectivity index (χ1n) is 8.67. The van der Waals surface area contributed by atoms with Crippen molar-refractivity contribution in [3.05, 3.63) is 94.0 Å². The van der Waals surface area contributed by atoms with Crippen LogP contribution in [-0.4, -0.2) is 30.6 Å². The number of hydrazone groups is 1.